The fraction of sp³-hybridized carbons (Fsp3) is 0.471. The molecular weight excluding hydrogens is 308 g/mol. The molecule has 128 valence electrons. The Morgan fingerprint density at radius 2 is 1.96 bits per heavy atom. The lowest BCUT2D eigenvalue weighted by atomic mass is 10.1. The number of hydrogen-bond acceptors (Lipinski definition) is 3. The maximum absolute atomic E-state index is 13.1. The monoisotopic (exact) mass is 330 g/mol. The van der Waals surface area contributed by atoms with Gasteiger partial charge in [-0.2, -0.15) is 5.10 Å². The van der Waals surface area contributed by atoms with E-state index < -0.39 is 5.97 Å². The van der Waals surface area contributed by atoms with E-state index in [0.717, 1.165) is 30.0 Å². The molecule has 0 aliphatic carbocycles. The topological polar surface area (TPSA) is 80.4 Å². The Balaban J connectivity index is 1.99. The van der Waals surface area contributed by atoms with Crippen molar-refractivity contribution in [1.29, 1.82) is 0 Å². The van der Waals surface area contributed by atoms with Crippen LogP contribution in [0.2, 0.25) is 0 Å². The third-order valence-corrected chi connectivity index (χ3v) is 4.67. The van der Waals surface area contributed by atoms with Gasteiger partial charge in [-0.1, -0.05) is 0 Å². The molecule has 1 amide bonds. The van der Waals surface area contributed by atoms with Crippen molar-refractivity contribution in [2.45, 2.75) is 39.2 Å². The summed E-state index contributed by atoms with van der Waals surface area (Å²) in [6.45, 7) is 4.56. The molecule has 2 aromatic rings. The number of carboxylic acid groups (broad SMARTS) is 1. The van der Waals surface area contributed by atoms with Crippen LogP contribution in [0.5, 0.6) is 0 Å². The van der Waals surface area contributed by atoms with Crippen molar-refractivity contribution in [3.63, 3.8) is 0 Å². The Labute approximate surface area is 140 Å². The Kier molecular flexibility index (Phi) is 4.17. The number of hydrogen-bond donors (Lipinski definition) is 1. The Hall–Kier alpha value is -2.57. The number of amides is 1. The maximum Gasteiger partial charge on any atom is 0.305 e. The van der Waals surface area contributed by atoms with Crippen LogP contribution in [0.25, 0.3) is 5.82 Å². The van der Waals surface area contributed by atoms with Gasteiger partial charge < -0.3 is 14.6 Å². The van der Waals surface area contributed by atoms with Gasteiger partial charge in [0.05, 0.1) is 12.6 Å². The van der Waals surface area contributed by atoms with Crippen LogP contribution in [-0.2, 0) is 11.8 Å². The lowest BCUT2D eigenvalue weighted by Gasteiger charge is -2.24. The van der Waals surface area contributed by atoms with E-state index in [4.69, 9.17) is 5.11 Å². The molecule has 1 fully saturated rings. The molecule has 1 aliphatic rings. The molecule has 1 atom stereocenters. The SMILES string of the molecule is Cc1ccc(C)n1-c1c(C(=O)N2CCCC2CC(=O)O)cnn1C. The second-order valence-corrected chi connectivity index (χ2v) is 6.35. The summed E-state index contributed by atoms with van der Waals surface area (Å²) in [7, 11) is 1.81. The minimum absolute atomic E-state index is 0.0110. The largest absolute Gasteiger partial charge is 0.481 e. The van der Waals surface area contributed by atoms with E-state index in [1.807, 2.05) is 37.6 Å². The molecule has 0 bridgehead atoms. The van der Waals surface area contributed by atoms with Crippen molar-refractivity contribution < 1.29 is 14.7 Å². The highest BCUT2D eigenvalue weighted by atomic mass is 16.4. The van der Waals surface area contributed by atoms with E-state index in [1.165, 1.54) is 0 Å². The fourth-order valence-corrected chi connectivity index (χ4v) is 3.52. The maximum atomic E-state index is 13.1. The summed E-state index contributed by atoms with van der Waals surface area (Å²) in [5, 5.41) is 13.3. The summed E-state index contributed by atoms with van der Waals surface area (Å²) in [6, 6.07) is 3.76. The molecule has 0 spiro atoms. The highest BCUT2D eigenvalue weighted by Gasteiger charge is 2.33. The molecule has 0 radical (unpaired) electrons. The molecule has 1 aliphatic heterocycles. The van der Waals surface area contributed by atoms with Gasteiger partial charge in [-0.3, -0.25) is 14.3 Å². The van der Waals surface area contributed by atoms with Gasteiger partial charge >= 0.3 is 5.97 Å². The van der Waals surface area contributed by atoms with Gasteiger partial charge in [-0.25, -0.2) is 0 Å². The molecule has 7 heteroatoms. The van der Waals surface area contributed by atoms with E-state index in [-0.39, 0.29) is 18.4 Å². The van der Waals surface area contributed by atoms with E-state index in [0.29, 0.717) is 12.1 Å². The van der Waals surface area contributed by atoms with Crippen LogP contribution in [0, 0.1) is 13.8 Å². The third-order valence-electron chi connectivity index (χ3n) is 4.67. The predicted molar refractivity (Wildman–Crippen MR) is 88.3 cm³/mol. The first-order chi connectivity index (χ1) is 11.4. The summed E-state index contributed by atoms with van der Waals surface area (Å²) in [5.74, 6) is -0.293. The highest BCUT2D eigenvalue weighted by molar-refractivity contribution is 5.97. The molecular formula is C17H22N4O3. The van der Waals surface area contributed by atoms with Gasteiger partial charge in [0.15, 0.2) is 0 Å². The van der Waals surface area contributed by atoms with Gasteiger partial charge in [0.1, 0.15) is 11.4 Å². The number of carbonyl (C=O) groups excluding carboxylic acids is 1. The number of carboxylic acids is 1. The summed E-state index contributed by atoms with van der Waals surface area (Å²) in [6.07, 6.45) is 3.13. The Bertz CT molecular complexity index is 770. The van der Waals surface area contributed by atoms with Crippen molar-refractivity contribution in [3.05, 3.63) is 35.3 Å². The molecule has 24 heavy (non-hydrogen) atoms. The molecule has 1 saturated heterocycles. The minimum atomic E-state index is -0.872. The van der Waals surface area contributed by atoms with Gasteiger partial charge in [0.25, 0.3) is 5.91 Å². The lowest BCUT2D eigenvalue weighted by molar-refractivity contribution is -0.137. The quantitative estimate of drug-likeness (QED) is 0.928. The zero-order chi connectivity index (χ0) is 17.4. The van der Waals surface area contributed by atoms with E-state index in [9.17, 15) is 9.59 Å². The van der Waals surface area contributed by atoms with Crippen molar-refractivity contribution in [1.82, 2.24) is 19.2 Å². The van der Waals surface area contributed by atoms with Crippen molar-refractivity contribution in [2.75, 3.05) is 6.54 Å². The number of carbonyl (C=O) groups is 2. The summed E-state index contributed by atoms with van der Waals surface area (Å²) in [5.41, 5.74) is 2.56. The number of nitrogens with zero attached hydrogens (tertiary/aromatic N) is 4. The number of aryl methyl sites for hydroxylation is 3. The fourth-order valence-electron chi connectivity index (χ4n) is 3.52. The van der Waals surface area contributed by atoms with Gasteiger partial charge in [0.2, 0.25) is 0 Å². The van der Waals surface area contributed by atoms with Crippen molar-refractivity contribution >= 4 is 11.9 Å². The van der Waals surface area contributed by atoms with Crippen LogP contribution >= 0.6 is 0 Å². The zero-order valence-corrected chi connectivity index (χ0v) is 14.2. The first-order valence-electron chi connectivity index (χ1n) is 8.10. The molecule has 0 saturated carbocycles. The van der Waals surface area contributed by atoms with Crippen LogP contribution in [0.3, 0.4) is 0 Å². The average molecular weight is 330 g/mol. The summed E-state index contributed by atoms with van der Waals surface area (Å²) < 4.78 is 3.69. The van der Waals surface area contributed by atoms with Crippen LogP contribution in [-0.4, -0.2) is 48.8 Å². The van der Waals surface area contributed by atoms with Gasteiger partial charge in [-0.05, 0) is 38.8 Å². The molecule has 3 heterocycles. The predicted octanol–water partition coefficient (Wildman–Crippen LogP) is 1.91. The molecule has 3 rings (SSSR count). The first-order valence-corrected chi connectivity index (χ1v) is 8.10. The van der Waals surface area contributed by atoms with Crippen LogP contribution < -0.4 is 0 Å². The van der Waals surface area contributed by atoms with Crippen LogP contribution in [0.1, 0.15) is 41.0 Å². The second kappa shape index (κ2) is 6.14. The van der Waals surface area contributed by atoms with E-state index in [1.54, 1.807) is 15.8 Å². The molecule has 7 nitrogen and oxygen atoms in total. The minimum Gasteiger partial charge on any atom is -0.481 e. The molecule has 1 N–H and O–H groups in total. The first kappa shape index (κ1) is 16.3. The molecule has 1 unspecified atom stereocenters. The van der Waals surface area contributed by atoms with E-state index in [2.05, 4.69) is 5.10 Å². The number of aliphatic carboxylic acids is 1. The highest BCUT2D eigenvalue weighted by Crippen LogP contribution is 2.26. The summed E-state index contributed by atoms with van der Waals surface area (Å²) >= 11 is 0. The Morgan fingerprint density at radius 1 is 1.29 bits per heavy atom. The van der Waals surface area contributed by atoms with Gasteiger partial charge in [0, 0.05) is 31.0 Å². The Morgan fingerprint density at radius 3 is 2.58 bits per heavy atom. The van der Waals surface area contributed by atoms with Crippen molar-refractivity contribution in [3.8, 4) is 5.82 Å². The second-order valence-electron chi connectivity index (χ2n) is 6.35. The zero-order valence-electron chi connectivity index (χ0n) is 14.2. The average Bonchev–Trinajstić information content (AvgIpc) is 3.19. The van der Waals surface area contributed by atoms with Crippen molar-refractivity contribution in [2.24, 2.45) is 7.05 Å². The number of likely N-dealkylation sites (tertiary alicyclic amines) is 1. The summed E-state index contributed by atoms with van der Waals surface area (Å²) in [4.78, 5) is 25.8. The number of aromatic nitrogens is 3. The molecule has 0 aromatic carbocycles. The number of rotatable bonds is 4. The van der Waals surface area contributed by atoms with Gasteiger partial charge in [-0.15, -0.1) is 0 Å². The third kappa shape index (κ3) is 2.70. The van der Waals surface area contributed by atoms with E-state index >= 15 is 0 Å². The standard InChI is InChI=1S/C17H22N4O3/c1-11-6-7-12(2)21(11)16-14(10-18-19(16)3)17(24)20-8-4-5-13(20)9-15(22)23/h6-7,10,13H,4-5,8-9H2,1-3H3,(H,22,23). The van der Waals surface area contributed by atoms with Crippen LogP contribution in [0.15, 0.2) is 18.3 Å². The van der Waals surface area contributed by atoms with Crippen LogP contribution in [0.4, 0.5) is 0 Å². The smallest absolute Gasteiger partial charge is 0.305 e. The molecule has 2 aromatic heterocycles. The normalized spacial score (nSPS) is 17.5. The lowest BCUT2D eigenvalue weighted by Crippen LogP contribution is -2.37.